The van der Waals surface area contributed by atoms with Gasteiger partial charge in [-0.25, -0.2) is 9.13 Å². The van der Waals surface area contributed by atoms with Gasteiger partial charge < -0.3 is 0 Å². The third-order valence-corrected chi connectivity index (χ3v) is 12.0. The van der Waals surface area contributed by atoms with E-state index < -0.39 is 45.5 Å². The largest absolute Gasteiger partial charge is 0.475 e. The Kier molecular flexibility index (Phi) is 23.5. The van der Waals surface area contributed by atoms with Crippen LogP contribution < -0.4 is 0 Å². The molecule has 0 aromatic rings. The minimum Gasteiger partial charge on any atom is -0.286 e. The highest BCUT2D eigenvalue weighted by atomic mass is 79.9. The highest BCUT2D eigenvalue weighted by Gasteiger charge is 2.41. The molecule has 0 amide bonds. The van der Waals surface area contributed by atoms with Crippen molar-refractivity contribution in [3.05, 3.63) is 0 Å². The SMILES string of the molecule is BCC(CCl)OP(=O)(OCC(CB)(CBr)COP(=O)(OC(CCl)CCl)OC(CCl)CBr)OC(CCl)CCl. The molecule has 0 heterocycles. The fourth-order valence-corrected chi connectivity index (χ4v) is 9.04. The quantitative estimate of drug-likeness (QED) is 0.0658. The van der Waals surface area contributed by atoms with Gasteiger partial charge in [-0.05, 0) is 0 Å². The van der Waals surface area contributed by atoms with E-state index in [9.17, 15) is 9.13 Å². The highest BCUT2D eigenvalue weighted by Crippen LogP contribution is 2.56. The Morgan fingerprint density at radius 2 is 1.00 bits per heavy atom. The van der Waals surface area contributed by atoms with E-state index in [1.54, 1.807) is 0 Å². The number of phosphoric acid groups is 2. The summed E-state index contributed by atoms with van der Waals surface area (Å²) in [6.07, 6.45) is -1.98. The minimum atomic E-state index is -4.19. The summed E-state index contributed by atoms with van der Waals surface area (Å²) >= 11 is 42.0. The summed E-state index contributed by atoms with van der Waals surface area (Å²) in [5.41, 5.74) is -0.868. The van der Waals surface area contributed by atoms with E-state index >= 15 is 0 Å². The predicted octanol–water partition coefficient (Wildman–Crippen LogP) is 6.09. The summed E-state index contributed by atoms with van der Waals surface area (Å²) in [6, 6.07) is 0. The van der Waals surface area contributed by atoms with Crippen LogP contribution in [0.2, 0.25) is 12.6 Å². The summed E-state index contributed by atoms with van der Waals surface area (Å²) in [7, 11) is -4.70. The van der Waals surface area contributed by atoms with E-state index in [4.69, 9.17) is 96.7 Å². The third kappa shape index (κ3) is 15.4. The molecular weight excluding hydrogens is 788 g/mol. The number of alkyl halides is 8. The van der Waals surface area contributed by atoms with Crippen molar-refractivity contribution in [1.29, 1.82) is 0 Å². The topological polar surface area (TPSA) is 89.5 Å². The Labute approximate surface area is 268 Å². The minimum absolute atomic E-state index is 0.0220. The molecule has 0 aromatic heterocycles. The van der Waals surface area contributed by atoms with Crippen LogP contribution in [0, 0.1) is 5.41 Å². The molecule has 220 valence electrons. The average Bonchev–Trinajstić information content (AvgIpc) is 2.92. The molecule has 37 heavy (non-hydrogen) atoms. The van der Waals surface area contributed by atoms with Crippen LogP contribution in [-0.2, 0) is 36.3 Å². The van der Waals surface area contributed by atoms with E-state index in [1.165, 1.54) is 0 Å². The monoisotopic (exact) mass is 816 g/mol. The second-order valence-electron chi connectivity index (χ2n) is 7.83. The van der Waals surface area contributed by atoms with Crippen LogP contribution >= 0.6 is 117 Å². The lowest BCUT2D eigenvalue weighted by atomic mass is 9.79. The van der Waals surface area contributed by atoms with Crippen LogP contribution in [0.5, 0.6) is 0 Å². The van der Waals surface area contributed by atoms with Crippen molar-refractivity contribution in [2.24, 2.45) is 5.41 Å². The molecule has 0 aromatic carbocycles. The summed E-state index contributed by atoms with van der Waals surface area (Å²) < 4.78 is 60.8. The summed E-state index contributed by atoms with van der Waals surface area (Å²) in [4.78, 5) is 0. The molecule has 0 fully saturated rings. The maximum absolute atomic E-state index is 13.5. The molecule has 8 nitrogen and oxygen atoms in total. The zero-order chi connectivity index (χ0) is 28.5. The molecule has 0 rings (SSSR count). The van der Waals surface area contributed by atoms with E-state index in [0.717, 1.165) is 0 Å². The maximum Gasteiger partial charge on any atom is 0.475 e. The van der Waals surface area contributed by atoms with Gasteiger partial charge in [-0.15, -0.1) is 69.6 Å². The predicted molar refractivity (Wildman–Crippen MR) is 168 cm³/mol. The van der Waals surface area contributed by atoms with Crippen molar-refractivity contribution in [2.45, 2.75) is 37.1 Å². The van der Waals surface area contributed by atoms with Crippen LogP contribution in [0.1, 0.15) is 0 Å². The van der Waals surface area contributed by atoms with Crippen molar-refractivity contribution >= 4 is 133 Å². The van der Waals surface area contributed by atoms with Gasteiger partial charge in [0.05, 0.1) is 67.0 Å². The molecular formula is C17H32B2Br2Cl6O8P2. The number of rotatable bonds is 24. The molecule has 0 bridgehead atoms. The number of halogens is 8. The van der Waals surface area contributed by atoms with Crippen LogP contribution in [0.3, 0.4) is 0 Å². The molecule has 0 spiro atoms. The van der Waals surface area contributed by atoms with Gasteiger partial charge in [0.25, 0.3) is 0 Å². The van der Waals surface area contributed by atoms with Crippen LogP contribution in [0.4, 0.5) is 0 Å². The lowest BCUT2D eigenvalue weighted by Gasteiger charge is -2.34. The fraction of sp³-hybridized carbons (Fsp3) is 1.00. The third-order valence-electron chi connectivity index (χ3n) is 4.86. The summed E-state index contributed by atoms with van der Waals surface area (Å²) in [5, 5.41) is 0.572. The molecule has 0 N–H and O–H groups in total. The molecule has 0 saturated heterocycles. The van der Waals surface area contributed by atoms with Crippen molar-refractivity contribution in [3.63, 3.8) is 0 Å². The molecule has 0 radical (unpaired) electrons. The van der Waals surface area contributed by atoms with E-state index in [0.29, 0.717) is 18.0 Å². The lowest BCUT2D eigenvalue weighted by Crippen LogP contribution is -2.35. The van der Waals surface area contributed by atoms with Crippen molar-refractivity contribution < 1.29 is 36.3 Å². The first-order chi connectivity index (χ1) is 17.5. The zero-order valence-corrected chi connectivity index (χ0v) is 30.0. The van der Waals surface area contributed by atoms with E-state index in [2.05, 4.69) is 31.9 Å². The van der Waals surface area contributed by atoms with E-state index in [-0.39, 0.29) is 53.8 Å². The first-order valence-corrected chi connectivity index (χ1v) is 19.6. The first kappa shape index (κ1) is 40.0. The van der Waals surface area contributed by atoms with Gasteiger partial charge in [0.15, 0.2) is 0 Å². The van der Waals surface area contributed by atoms with Gasteiger partial charge in [0.1, 0.15) is 15.7 Å². The summed E-state index contributed by atoms with van der Waals surface area (Å²) in [6.45, 7) is -0.379. The Balaban J connectivity index is 5.85. The first-order valence-electron chi connectivity index (χ1n) is 11.2. The van der Waals surface area contributed by atoms with Gasteiger partial charge in [-0.3, -0.25) is 27.1 Å². The lowest BCUT2D eigenvalue weighted by molar-refractivity contribution is 0.0225. The van der Waals surface area contributed by atoms with Crippen LogP contribution in [0.15, 0.2) is 0 Å². The Morgan fingerprint density at radius 3 is 1.27 bits per heavy atom. The molecule has 0 saturated carbocycles. The zero-order valence-electron chi connectivity index (χ0n) is 20.5. The van der Waals surface area contributed by atoms with Crippen LogP contribution in [-0.4, -0.2) is 99.3 Å². The number of hydrogen-bond acceptors (Lipinski definition) is 8. The highest BCUT2D eigenvalue weighted by molar-refractivity contribution is 9.09. The second-order valence-corrected chi connectivity index (χ2v) is 14.0. The van der Waals surface area contributed by atoms with Gasteiger partial charge in [-0.2, -0.15) is 0 Å². The smallest absolute Gasteiger partial charge is 0.286 e. The van der Waals surface area contributed by atoms with E-state index in [1.807, 2.05) is 15.7 Å². The Bertz CT molecular complexity index is 606. The standard InChI is InChI=1S/C17H32B2Br2Cl6O8P2/c18-1-13(3-22)32-36(28,34-15(5-24)6-25)30-11-17(9-19,10-21)12-31-37(29,33-14(2-20)4-23)35-16(7-26)8-27/h13-16H,1-12,18-19H2. The molecule has 0 aliphatic carbocycles. The van der Waals surface area contributed by atoms with Crippen molar-refractivity contribution in [2.75, 3.05) is 59.2 Å². The molecule has 20 heteroatoms. The molecule has 5 unspecified atom stereocenters. The normalized spacial score (nSPS) is 18.9. The van der Waals surface area contributed by atoms with Crippen molar-refractivity contribution in [1.82, 2.24) is 0 Å². The fourth-order valence-electron chi connectivity index (χ4n) is 2.26. The average molecular weight is 821 g/mol. The second kappa shape index (κ2) is 21.7. The summed E-state index contributed by atoms with van der Waals surface area (Å²) in [5.74, 6) is -0.0643. The molecule has 0 aliphatic rings. The van der Waals surface area contributed by atoms with Gasteiger partial charge in [0.2, 0.25) is 0 Å². The van der Waals surface area contributed by atoms with Gasteiger partial charge in [-0.1, -0.05) is 44.5 Å². The Morgan fingerprint density at radius 1 is 0.649 bits per heavy atom. The van der Waals surface area contributed by atoms with Gasteiger partial charge >= 0.3 is 15.6 Å². The Hall–Kier alpha value is 3.05. The van der Waals surface area contributed by atoms with Crippen molar-refractivity contribution in [3.8, 4) is 0 Å². The number of phosphoric ester groups is 2. The maximum atomic E-state index is 13.5. The van der Waals surface area contributed by atoms with Crippen LogP contribution in [0.25, 0.3) is 0 Å². The van der Waals surface area contributed by atoms with Gasteiger partial charge in [0, 0.05) is 22.0 Å². The molecule has 5 atom stereocenters. The molecule has 0 aliphatic heterocycles. The number of hydrogen-bond donors (Lipinski definition) is 0.